The van der Waals surface area contributed by atoms with E-state index >= 15 is 0 Å². The number of carbonyl (C=O) groups excluding carboxylic acids is 1. The first-order valence-corrected chi connectivity index (χ1v) is 6.43. The van der Waals surface area contributed by atoms with E-state index in [9.17, 15) is 4.79 Å². The van der Waals surface area contributed by atoms with Crippen LogP contribution in [0, 0.1) is 6.92 Å². The summed E-state index contributed by atoms with van der Waals surface area (Å²) in [7, 11) is 2.09. The molecule has 2 N–H and O–H groups in total. The van der Waals surface area contributed by atoms with Gasteiger partial charge in [-0.05, 0) is 26.0 Å². The van der Waals surface area contributed by atoms with Gasteiger partial charge in [0.2, 0.25) is 5.91 Å². The molecule has 2 saturated heterocycles. The van der Waals surface area contributed by atoms with Gasteiger partial charge in [0.1, 0.15) is 11.7 Å². The van der Waals surface area contributed by atoms with Crippen molar-refractivity contribution in [1.29, 1.82) is 0 Å². The zero-order valence-corrected chi connectivity index (χ0v) is 10.9. The van der Waals surface area contributed by atoms with Crippen molar-refractivity contribution in [2.45, 2.75) is 25.0 Å². The highest BCUT2D eigenvalue weighted by molar-refractivity contribution is 5.86. The maximum Gasteiger partial charge on any atom is 0.243 e. The highest BCUT2D eigenvalue weighted by Crippen LogP contribution is 2.28. The topological polar surface area (TPSA) is 44.4 Å². The maximum atomic E-state index is 12.1. The predicted octanol–water partition coefficient (Wildman–Crippen LogP) is 0.787. The van der Waals surface area contributed by atoms with Crippen LogP contribution in [0.4, 0.5) is 0 Å². The smallest absolute Gasteiger partial charge is 0.243 e. The monoisotopic (exact) mass is 245 g/mol. The van der Waals surface area contributed by atoms with Gasteiger partial charge in [0.25, 0.3) is 0 Å². The summed E-state index contributed by atoms with van der Waals surface area (Å²) in [5.41, 5.74) is 2.04. The molecule has 0 radical (unpaired) electrons. The molecule has 96 valence electrons. The van der Waals surface area contributed by atoms with Crippen LogP contribution < -0.4 is 10.6 Å². The van der Waals surface area contributed by atoms with Gasteiger partial charge >= 0.3 is 0 Å². The van der Waals surface area contributed by atoms with Gasteiger partial charge in [-0.3, -0.25) is 10.1 Å². The molecule has 1 aromatic rings. The number of nitrogens with one attached hydrogen (secondary N) is 2. The molecule has 0 aliphatic carbocycles. The van der Waals surface area contributed by atoms with Crippen molar-refractivity contribution in [3.05, 3.63) is 35.4 Å². The van der Waals surface area contributed by atoms with Gasteiger partial charge < -0.3 is 10.2 Å². The van der Waals surface area contributed by atoms with E-state index < -0.39 is 0 Å². The summed E-state index contributed by atoms with van der Waals surface area (Å²) in [6, 6.07) is 7.96. The van der Waals surface area contributed by atoms with Gasteiger partial charge in [-0.1, -0.05) is 29.8 Å². The quantitative estimate of drug-likeness (QED) is 0.769. The number of hydrogen-bond acceptors (Lipinski definition) is 3. The average Bonchev–Trinajstić information content (AvgIpc) is 2.84. The van der Waals surface area contributed by atoms with Gasteiger partial charge in [0, 0.05) is 13.1 Å². The predicted molar refractivity (Wildman–Crippen MR) is 70.0 cm³/mol. The molecule has 1 aromatic carbocycles. The molecule has 4 nitrogen and oxygen atoms in total. The second-order valence-corrected chi connectivity index (χ2v) is 5.55. The van der Waals surface area contributed by atoms with Crippen molar-refractivity contribution in [2.24, 2.45) is 0 Å². The summed E-state index contributed by atoms with van der Waals surface area (Å²) in [5.74, 6) is 0.0918. The lowest BCUT2D eigenvalue weighted by Gasteiger charge is -2.24. The molecule has 1 amide bonds. The zero-order chi connectivity index (χ0) is 12.8. The Balaban J connectivity index is 1.83. The Morgan fingerprint density at radius 3 is 2.67 bits per heavy atom. The van der Waals surface area contributed by atoms with Gasteiger partial charge in [0.05, 0.1) is 0 Å². The van der Waals surface area contributed by atoms with E-state index in [2.05, 4.69) is 41.6 Å². The van der Waals surface area contributed by atoms with Gasteiger partial charge in [0.15, 0.2) is 0 Å². The minimum absolute atomic E-state index is 0.0918. The van der Waals surface area contributed by atoms with E-state index in [4.69, 9.17) is 0 Å². The van der Waals surface area contributed by atoms with Crippen molar-refractivity contribution >= 4 is 5.91 Å². The average molecular weight is 245 g/mol. The van der Waals surface area contributed by atoms with Crippen molar-refractivity contribution in [3.63, 3.8) is 0 Å². The van der Waals surface area contributed by atoms with Gasteiger partial charge in [-0.25, -0.2) is 0 Å². The number of hydrogen-bond donors (Lipinski definition) is 2. The molecule has 18 heavy (non-hydrogen) atoms. The molecule has 1 spiro atoms. The van der Waals surface area contributed by atoms with Crippen molar-refractivity contribution in [3.8, 4) is 0 Å². The molecule has 4 heteroatoms. The SMILES string of the molecule is Cc1ccc(C2NC3(CCN(C)C3)NC2=O)cc1. The third-order valence-electron chi connectivity index (χ3n) is 3.92. The number of amides is 1. The van der Waals surface area contributed by atoms with Crippen LogP contribution in [0.1, 0.15) is 23.6 Å². The lowest BCUT2D eigenvalue weighted by molar-refractivity contribution is -0.121. The molecular weight excluding hydrogens is 226 g/mol. The molecule has 2 unspecified atom stereocenters. The number of rotatable bonds is 1. The molecule has 2 heterocycles. The number of benzene rings is 1. The fourth-order valence-electron chi connectivity index (χ4n) is 2.90. The zero-order valence-electron chi connectivity index (χ0n) is 10.9. The van der Waals surface area contributed by atoms with Crippen LogP contribution in [0.15, 0.2) is 24.3 Å². The molecule has 2 atom stereocenters. The van der Waals surface area contributed by atoms with E-state index in [1.807, 2.05) is 12.1 Å². The highest BCUT2D eigenvalue weighted by Gasteiger charge is 2.47. The largest absolute Gasteiger partial charge is 0.335 e. The highest BCUT2D eigenvalue weighted by atomic mass is 16.2. The normalized spacial score (nSPS) is 32.1. The fraction of sp³-hybridized carbons (Fsp3) is 0.500. The number of nitrogens with zero attached hydrogens (tertiary/aromatic N) is 1. The summed E-state index contributed by atoms with van der Waals surface area (Å²) in [6.45, 7) is 3.95. The Morgan fingerprint density at radius 1 is 1.33 bits per heavy atom. The summed E-state index contributed by atoms with van der Waals surface area (Å²) in [5, 5.41) is 6.61. The van der Waals surface area contributed by atoms with Crippen LogP contribution in [0.5, 0.6) is 0 Å². The van der Waals surface area contributed by atoms with Crippen molar-refractivity contribution in [2.75, 3.05) is 20.1 Å². The lowest BCUT2D eigenvalue weighted by Crippen LogP contribution is -2.51. The van der Waals surface area contributed by atoms with Crippen LogP contribution in [-0.4, -0.2) is 36.6 Å². The van der Waals surface area contributed by atoms with Crippen LogP contribution in [0.3, 0.4) is 0 Å². The first-order chi connectivity index (χ1) is 8.58. The summed E-state index contributed by atoms with van der Waals surface area (Å²) < 4.78 is 0. The minimum atomic E-state index is -0.221. The Labute approximate surface area is 107 Å². The van der Waals surface area contributed by atoms with Crippen molar-refractivity contribution in [1.82, 2.24) is 15.5 Å². The minimum Gasteiger partial charge on any atom is -0.335 e. The summed E-state index contributed by atoms with van der Waals surface area (Å²) in [6.07, 6.45) is 0.970. The van der Waals surface area contributed by atoms with Crippen LogP contribution in [0.2, 0.25) is 0 Å². The molecule has 2 fully saturated rings. The number of likely N-dealkylation sites (N-methyl/N-ethyl adjacent to an activating group) is 1. The summed E-state index contributed by atoms with van der Waals surface area (Å²) in [4.78, 5) is 14.4. The van der Waals surface area contributed by atoms with E-state index in [0.29, 0.717) is 0 Å². The molecule has 0 bridgehead atoms. The van der Waals surface area contributed by atoms with E-state index in [0.717, 1.165) is 25.1 Å². The van der Waals surface area contributed by atoms with E-state index in [1.165, 1.54) is 5.56 Å². The van der Waals surface area contributed by atoms with Gasteiger partial charge in [-0.2, -0.15) is 0 Å². The third kappa shape index (κ3) is 1.91. The molecule has 2 aliphatic rings. The Hall–Kier alpha value is -1.39. The number of carbonyl (C=O) groups is 1. The van der Waals surface area contributed by atoms with Crippen LogP contribution in [0.25, 0.3) is 0 Å². The Kier molecular flexibility index (Phi) is 2.64. The third-order valence-corrected chi connectivity index (χ3v) is 3.92. The van der Waals surface area contributed by atoms with Gasteiger partial charge in [-0.15, -0.1) is 0 Å². The molecule has 2 aliphatic heterocycles. The van der Waals surface area contributed by atoms with E-state index in [1.54, 1.807) is 0 Å². The van der Waals surface area contributed by atoms with Crippen molar-refractivity contribution < 1.29 is 4.79 Å². The lowest BCUT2D eigenvalue weighted by atomic mass is 10.1. The number of aryl methyl sites for hydroxylation is 1. The molecule has 0 aromatic heterocycles. The number of likely N-dealkylation sites (tertiary alicyclic amines) is 1. The first-order valence-electron chi connectivity index (χ1n) is 6.43. The van der Waals surface area contributed by atoms with Crippen LogP contribution in [-0.2, 0) is 4.79 Å². The summed E-state index contributed by atoms with van der Waals surface area (Å²) >= 11 is 0. The molecule has 0 saturated carbocycles. The second kappa shape index (κ2) is 4.07. The molecule has 3 rings (SSSR count). The Bertz CT molecular complexity index is 470. The first kappa shape index (κ1) is 11.7. The second-order valence-electron chi connectivity index (χ2n) is 5.55. The van der Waals surface area contributed by atoms with Crippen LogP contribution >= 0.6 is 0 Å². The molecular formula is C14H19N3O. The fourth-order valence-corrected chi connectivity index (χ4v) is 2.90. The van der Waals surface area contributed by atoms with E-state index in [-0.39, 0.29) is 17.6 Å². The standard InChI is InChI=1S/C14H19N3O/c1-10-3-5-11(6-4-10)12-13(18)16-14(15-12)7-8-17(2)9-14/h3-6,12,15H,7-9H2,1-2H3,(H,16,18). The Morgan fingerprint density at radius 2 is 2.06 bits per heavy atom. The maximum absolute atomic E-state index is 12.1.